The molecule has 4 aliphatic heterocycles. The molecule has 6 aromatic rings. The van der Waals surface area contributed by atoms with Gasteiger partial charge in [0.25, 0.3) is 9.70 Å². The number of alkyl halides is 3. The van der Waals surface area contributed by atoms with Gasteiger partial charge in [-0.25, -0.2) is 0 Å². The molecule has 0 saturated carbocycles. The molecule has 19 heteroatoms. The van der Waals surface area contributed by atoms with Crippen molar-refractivity contribution in [1.82, 2.24) is 5.32 Å². The predicted molar refractivity (Wildman–Crippen MR) is 326 cm³/mol. The van der Waals surface area contributed by atoms with Crippen LogP contribution in [0.1, 0.15) is 54.2 Å². The minimum atomic E-state index is -2.58. The molecule has 4 saturated heterocycles. The number of nitrogens with one attached hydrogen (secondary N) is 1. The first-order chi connectivity index (χ1) is 41.8. The molecule has 1 unspecified atom stereocenters. The molecular formula is C68H76Cl3NO15. The van der Waals surface area contributed by atoms with E-state index >= 15 is 0 Å². The van der Waals surface area contributed by atoms with Crippen molar-refractivity contribution in [3.05, 3.63) is 228 Å². The lowest BCUT2D eigenvalue weighted by molar-refractivity contribution is -0.424. The predicted octanol–water partition coefficient (Wildman–Crippen LogP) is 8.86. The summed E-state index contributed by atoms with van der Waals surface area (Å²) in [5, 5.41) is 57.8. The van der Waals surface area contributed by atoms with Crippen molar-refractivity contribution in [2.45, 2.75) is 166 Å². The van der Waals surface area contributed by atoms with Gasteiger partial charge in [0.15, 0.2) is 30.3 Å². The van der Waals surface area contributed by atoms with Gasteiger partial charge in [0, 0.05) is 25.7 Å². The van der Waals surface area contributed by atoms with Crippen LogP contribution in [0.15, 0.2) is 195 Å². The van der Waals surface area contributed by atoms with Gasteiger partial charge in [0.05, 0.1) is 38.6 Å². The van der Waals surface area contributed by atoms with E-state index in [1.165, 1.54) is 6.08 Å². The van der Waals surface area contributed by atoms with Gasteiger partial charge in [-0.15, -0.1) is 6.58 Å². The van der Waals surface area contributed by atoms with Crippen molar-refractivity contribution < 1.29 is 72.6 Å². The molecule has 4 fully saturated rings. The average Bonchev–Trinajstić information content (AvgIpc) is 0.980. The number of hydrogen-bond donors (Lipinski definition) is 5. The molecule has 5 N–H and O–H groups in total. The Morgan fingerprint density at radius 2 is 1.10 bits per heavy atom. The van der Waals surface area contributed by atoms with Crippen molar-refractivity contribution >= 4 is 40.7 Å². The van der Waals surface area contributed by atoms with E-state index in [4.69, 9.17) is 82.2 Å². The number of halogens is 3. The molecule has 4 heterocycles. The second-order valence-electron chi connectivity index (χ2n) is 23.2. The smallest absolute Gasteiger partial charge is 0.272 e. The Bertz CT molecular complexity index is 3120. The van der Waals surface area contributed by atoms with Gasteiger partial charge in [0.1, 0.15) is 60.0 Å². The summed E-state index contributed by atoms with van der Waals surface area (Å²) in [6.07, 6.45) is -14.8. The normalized spacial score (nSPS) is 31.7. The molecule has 1 amide bonds. The van der Waals surface area contributed by atoms with Crippen LogP contribution in [-0.4, -0.2) is 146 Å². The maximum absolute atomic E-state index is 14.2. The van der Waals surface area contributed by atoms with Crippen LogP contribution in [0.4, 0.5) is 0 Å². The standard InChI is InChI=1S/C68H76Cl3NO15/c1-5-36-79-60-53(72-62(74)68(69,70)71)56(55(80-42-50-34-22-11-23-35-50)52(82-60)43-78-41-49-32-20-10-21-33-49)83-61-58-57(86-64(3,4)87-58)54(44(2)81-61)84-63-66(76,39-47-28-16-8-17-29-47)67(77,40-48-30-18-9-19-31-48)65(75,38-46-26-14-7-15-27-46)59(85-63)51(73)37-45-24-12-6-13-25-45/h5-35,44,51-61,63,73,75-77H,1,36-43H2,2-4H3,(H,72,74)/t44-,51?,52+,53+,54-,55+,56+,57+,58+,59+,60+,61-,63-,65+,66-,67-/m0/s1. The van der Waals surface area contributed by atoms with Gasteiger partial charge in [-0.3, -0.25) is 4.79 Å². The number of aliphatic hydroxyl groups is 4. The van der Waals surface area contributed by atoms with Gasteiger partial charge >= 0.3 is 0 Å². The SMILES string of the molecule is C=CCO[C@@H]1O[C@H](COCc2ccccc2)[C@@H](OCc2ccccc2)[C@H](O[C@@H]2O[C@@H](C)[C@H](O[C@H]3O[C@H](C(O)Cc4ccccc4)[C@](O)(Cc4ccccc4)[C@@](O)(Cc4ccccc4)[C@]3(O)Cc3ccccc3)[C@H]3OC(C)(C)O[C@@H]23)[C@H]1NC(=O)C(Cl)(Cl)Cl. The third-order valence-electron chi connectivity index (χ3n) is 16.5. The van der Waals surface area contributed by atoms with Gasteiger partial charge in [0.2, 0.25) is 0 Å². The lowest BCUT2D eigenvalue weighted by Crippen LogP contribution is -2.83. The van der Waals surface area contributed by atoms with Crippen LogP contribution < -0.4 is 5.32 Å². The number of carbonyl (C=O) groups excluding carboxylic acids is 1. The maximum Gasteiger partial charge on any atom is 0.272 e. The molecule has 6 aromatic carbocycles. The molecule has 0 aliphatic carbocycles. The highest BCUT2D eigenvalue weighted by Gasteiger charge is 2.74. The highest BCUT2D eigenvalue weighted by atomic mass is 35.6. The summed E-state index contributed by atoms with van der Waals surface area (Å²) in [4.78, 5) is 13.9. The number of fused-ring (bicyclic) bond motifs is 1. The summed E-state index contributed by atoms with van der Waals surface area (Å²) in [6, 6.07) is 54.2. The van der Waals surface area contributed by atoms with Gasteiger partial charge in [-0.2, -0.15) is 0 Å². The van der Waals surface area contributed by atoms with E-state index in [1.807, 2.05) is 158 Å². The second kappa shape index (κ2) is 28.3. The maximum atomic E-state index is 14.2. The first-order valence-corrected chi connectivity index (χ1v) is 30.4. The number of amides is 1. The zero-order chi connectivity index (χ0) is 61.4. The molecule has 16 atom stereocenters. The lowest BCUT2D eigenvalue weighted by Gasteiger charge is -2.62. The molecule has 87 heavy (non-hydrogen) atoms. The van der Waals surface area contributed by atoms with Crippen LogP contribution in [0.5, 0.6) is 0 Å². The second-order valence-corrected chi connectivity index (χ2v) is 25.5. The summed E-state index contributed by atoms with van der Waals surface area (Å²) in [6.45, 7) is 9.18. The van der Waals surface area contributed by atoms with E-state index in [0.717, 1.165) is 16.7 Å². The Morgan fingerprint density at radius 3 is 1.64 bits per heavy atom. The van der Waals surface area contributed by atoms with Crippen LogP contribution in [0.2, 0.25) is 0 Å². The highest BCUT2D eigenvalue weighted by molar-refractivity contribution is 6.76. The topological polar surface area (TPSA) is 202 Å². The van der Waals surface area contributed by atoms with Crippen LogP contribution in [0.3, 0.4) is 0 Å². The van der Waals surface area contributed by atoms with Crippen molar-refractivity contribution in [2.24, 2.45) is 0 Å². The molecule has 16 nitrogen and oxygen atoms in total. The summed E-state index contributed by atoms with van der Waals surface area (Å²) >= 11 is 18.8. The van der Waals surface area contributed by atoms with Gasteiger partial charge in [-0.05, 0) is 54.2 Å². The van der Waals surface area contributed by atoms with Crippen molar-refractivity contribution in [3.8, 4) is 0 Å². The Balaban J connectivity index is 1.05. The number of benzene rings is 6. The fourth-order valence-corrected chi connectivity index (χ4v) is 12.6. The highest BCUT2D eigenvalue weighted by Crippen LogP contribution is 2.52. The lowest BCUT2D eigenvalue weighted by atomic mass is 9.59. The van der Waals surface area contributed by atoms with E-state index in [-0.39, 0.29) is 52.1 Å². The van der Waals surface area contributed by atoms with Gasteiger partial charge in [-0.1, -0.05) is 223 Å². The average molecular weight is 1250 g/mol. The Labute approximate surface area is 523 Å². The zero-order valence-electron chi connectivity index (χ0n) is 48.7. The Hall–Kier alpha value is -5.16. The molecule has 0 spiro atoms. The molecule has 0 bridgehead atoms. The summed E-state index contributed by atoms with van der Waals surface area (Å²) in [7, 11) is 0. The summed E-state index contributed by atoms with van der Waals surface area (Å²) < 4.78 is 65.7. The van der Waals surface area contributed by atoms with Crippen LogP contribution in [0.25, 0.3) is 0 Å². The van der Waals surface area contributed by atoms with Crippen molar-refractivity contribution in [2.75, 3.05) is 13.2 Å². The number of rotatable bonds is 24. The first-order valence-electron chi connectivity index (χ1n) is 29.3. The summed E-state index contributed by atoms with van der Waals surface area (Å²) in [5.74, 6) is -2.36. The minimum absolute atomic E-state index is 0.0173. The van der Waals surface area contributed by atoms with Gasteiger partial charge < -0.3 is 73.1 Å². The van der Waals surface area contributed by atoms with E-state index in [2.05, 4.69) is 11.9 Å². The Morgan fingerprint density at radius 1 is 0.609 bits per heavy atom. The zero-order valence-corrected chi connectivity index (χ0v) is 50.9. The number of carbonyl (C=O) groups is 1. The summed E-state index contributed by atoms with van der Waals surface area (Å²) in [5.41, 5.74) is -3.36. The van der Waals surface area contributed by atoms with Crippen LogP contribution in [-0.2, 0) is 91.1 Å². The molecule has 4 aliphatic rings. The Kier molecular flexibility index (Phi) is 21.1. The van der Waals surface area contributed by atoms with E-state index in [9.17, 15) is 25.2 Å². The molecule has 464 valence electrons. The van der Waals surface area contributed by atoms with E-state index < -0.39 is 112 Å². The fraction of sp³-hybridized carbons (Fsp3) is 0.426. The fourth-order valence-electron chi connectivity index (χ4n) is 12.4. The molecule has 0 aromatic heterocycles. The third-order valence-corrected chi connectivity index (χ3v) is 17.0. The first kappa shape index (κ1) is 64.8. The van der Waals surface area contributed by atoms with E-state index in [0.29, 0.717) is 16.7 Å². The molecule has 0 radical (unpaired) electrons. The minimum Gasteiger partial charge on any atom is -0.390 e. The van der Waals surface area contributed by atoms with Crippen LogP contribution >= 0.6 is 34.8 Å². The molecular weight excluding hydrogens is 1180 g/mol. The monoisotopic (exact) mass is 1250 g/mol. The quantitative estimate of drug-likeness (QED) is 0.0284. The van der Waals surface area contributed by atoms with Crippen molar-refractivity contribution in [3.63, 3.8) is 0 Å². The number of ether oxygens (including phenoxy) is 10. The third kappa shape index (κ3) is 15.0. The molecule has 10 rings (SSSR count). The van der Waals surface area contributed by atoms with Crippen LogP contribution in [0, 0.1) is 0 Å². The van der Waals surface area contributed by atoms with E-state index in [1.54, 1.807) is 45.0 Å². The number of aliphatic hydroxyl groups excluding tert-OH is 1. The number of hydrogen-bond acceptors (Lipinski definition) is 15. The van der Waals surface area contributed by atoms with Crippen molar-refractivity contribution in [1.29, 1.82) is 0 Å². The largest absolute Gasteiger partial charge is 0.390 e.